The summed E-state index contributed by atoms with van der Waals surface area (Å²) in [5.41, 5.74) is 7.95. The van der Waals surface area contributed by atoms with Crippen molar-refractivity contribution in [1.82, 2.24) is 0 Å². The normalized spacial score (nSPS) is 19.4. The van der Waals surface area contributed by atoms with E-state index in [0.29, 0.717) is 17.2 Å². The molecule has 0 bridgehead atoms. The number of rotatable bonds is 2. The number of methoxy groups -OCH3 is 1. The first kappa shape index (κ1) is 11.8. The minimum Gasteiger partial charge on any atom is -0.465 e. The van der Waals surface area contributed by atoms with Crippen molar-refractivity contribution in [1.29, 1.82) is 0 Å². The molecule has 1 aromatic carbocycles. The molecule has 0 saturated carbocycles. The number of nitrogen functional groups attached to an aromatic ring is 1. The lowest BCUT2D eigenvalue weighted by atomic mass is 10.1. The molecule has 1 heterocycles. The SMILES string of the molecule is COC(=O)c1ccc(N)cc1N1CCC(C)C1. The lowest BCUT2D eigenvalue weighted by Gasteiger charge is -2.21. The van der Waals surface area contributed by atoms with Crippen molar-refractivity contribution in [3.63, 3.8) is 0 Å². The van der Waals surface area contributed by atoms with Crippen molar-refractivity contribution in [3.05, 3.63) is 23.8 Å². The molecule has 92 valence electrons. The summed E-state index contributed by atoms with van der Waals surface area (Å²) in [5.74, 6) is 0.349. The summed E-state index contributed by atoms with van der Waals surface area (Å²) in [6.45, 7) is 4.15. The van der Waals surface area contributed by atoms with Gasteiger partial charge in [0.2, 0.25) is 0 Å². The lowest BCUT2D eigenvalue weighted by Crippen LogP contribution is -2.22. The van der Waals surface area contributed by atoms with Gasteiger partial charge >= 0.3 is 5.97 Å². The Morgan fingerprint density at radius 2 is 2.29 bits per heavy atom. The first-order valence-electron chi connectivity index (χ1n) is 5.84. The molecule has 1 atom stereocenters. The molecule has 0 aromatic heterocycles. The number of esters is 1. The van der Waals surface area contributed by atoms with Gasteiger partial charge in [0.15, 0.2) is 0 Å². The molecule has 2 rings (SSSR count). The molecular weight excluding hydrogens is 216 g/mol. The number of nitrogens with two attached hydrogens (primary N) is 1. The highest BCUT2D eigenvalue weighted by Gasteiger charge is 2.23. The van der Waals surface area contributed by atoms with Crippen LogP contribution in [0.25, 0.3) is 0 Å². The van der Waals surface area contributed by atoms with Crippen LogP contribution in [0.5, 0.6) is 0 Å². The fourth-order valence-corrected chi connectivity index (χ4v) is 2.25. The van der Waals surface area contributed by atoms with E-state index < -0.39 is 0 Å². The lowest BCUT2D eigenvalue weighted by molar-refractivity contribution is 0.0601. The minimum atomic E-state index is -0.306. The number of ether oxygens (including phenoxy) is 1. The van der Waals surface area contributed by atoms with Crippen LogP contribution >= 0.6 is 0 Å². The number of anilines is 2. The van der Waals surface area contributed by atoms with Gasteiger partial charge in [-0.3, -0.25) is 0 Å². The van der Waals surface area contributed by atoms with Crippen LogP contribution in [0.1, 0.15) is 23.7 Å². The van der Waals surface area contributed by atoms with Crippen molar-refractivity contribution < 1.29 is 9.53 Å². The third-order valence-electron chi connectivity index (χ3n) is 3.19. The van der Waals surface area contributed by atoms with Crippen molar-refractivity contribution >= 4 is 17.3 Å². The van der Waals surface area contributed by atoms with E-state index in [1.54, 1.807) is 12.1 Å². The molecule has 4 heteroatoms. The molecule has 1 unspecified atom stereocenters. The molecule has 1 aromatic rings. The summed E-state index contributed by atoms with van der Waals surface area (Å²) in [7, 11) is 1.40. The molecule has 4 nitrogen and oxygen atoms in total. The Balaban J connectivity index is 2.36. The van der Waals surface area contributed by atoms with Gasteiger partial charge < -0.3 is 15.4 Å². The number of hydrogen-bond acceptors (Lipinski definition) is 4. The summed E-state index contributed by atoms with van der Waals surface area (Å²) < 4.78 is 4.80. The highest BCUT2D eigenvalue weighted by molar-refractivity contribution is 5.96. The number of carbonyl (C=O) groups is 1. The molecule has 2 N–H and O–H groups in total. The van der Waals surface area contributed by atoms with E-state index >= 15 is 0 Å². The van der Waals surface area contributed by atoms with Gasteiger partial charge in [-0.2, -0.15) is 0 Å². The number of benzene rings is 1. The molecule has 1 fully saturated rings. The maximum Gasteiger partial charge on any atom is 0.339 e. The van der Waals surface area contributed by atoms with Crippen LogP contribution in [0.3, 0.4) is 0 Å². The largest absolute Gasteiger partial charge is 0.465 e. The molecule has 0 spiro atoms. The monoisotopic (exact) mass is 234 g/mol. The smallest absolute Gasteiger partial charge is 0.339 e. The third-order valence-corrected chi connectivity index (χ3v) is 3.19. The molecule has 0 aliphatic carbocycles. The fourth-order valence-electron chi connectivity index (χ4n) is 2.25. The van der Waals surface area contributed by atoms with Crippen LogP contribution in [0, 0.1) is 5.92 Å². The standard InChI is InChI=1S/C13H18N2O2/c1-9-5-6-15(8-9)12-7-10(14)3-4-11(12)13(16)17-2/h3-4,7,9H,5-6,8,14H2,1-2H3. The zero-order chi connectivity index (χ0) is 12.4. The Bertz CT molecular complexity index is 431. The average Bonchev–Trinajstić information content (AvgIpc) is 2.75. The van der Waals surface area contributed by atoms with Gasteiger partial charge in [-0.1, -0.05) is 6.92 Å². The molecule has 1 saturated heterocycles. The van der Waals surface area contributed by atoms with Crippen molar-refractivity contribution in [2.75, 3.05) is 30.8 Å². The Hall–Kier alpha value is -1.71. The Kier molecular flexibility index (Phi) is 3.22. The quantitative estimate of drug-likeness (QED) is 0.627. The van der Waals surface area contributed by atoms with E-state index in [2.05, 4.69) is 11.8 Å². The predicted octanol–water partition coefficient (Wildman–Crippen LogP) is 1.90. The Morgan fingerprint density at radius 1 is 1.53 bits per heavy atom. The maximum atomic E-state index is 11.7. The summed E-state index contributed by atoms with van der Waals surface area (Å²) >= 11 is 0. The van der Waals surface area contributed by atoms with E-state index in [0.717, 1.165) is 25.2 Å². The van der Waals surface area contributed by atoms with Gasteiger partial charge in [0, 0.05) is 18.8 Å². The van der Waals surface area contributed by atoms with Crippen molar-refractivity contribution in [2.24, 2.45) is 5.92 Å². The van der Waals surface area contributed by atoms with E-state index in [1.165, 1.54) is 7.11 Å². The first-order chi connectivity index (χ1) is 8.11. The van der Waals surface area contributed by atoms with Crippen LogP contribution in [0.15, 0.2) is 18.2 Å². The summed E-state index contributed by atoms with van der Waals surface area (Å²) in [6, 6.07) is 5.32. The van der Waals surface area contributed by atoms with Crippen molar-refractivity contribution in [2.45, 2.75) is 13.3 Å². The van der Waals surface area contributed by atoms with E-state index in [-0.39, 0.29) is 5.97 Å². The summed E-state index contributed by atoms with van der Waals surface area (Å²) in [5, 5.41) is 0. The zero-order valence-electron chi connectivity index (χ0n) is 10.3. The second kappa shape index (κ2) is 4.65. The van der Waals surface area contributed by atoms with Gasteiger partial charge in [-0.25, -0.2) is 4.79 Å². The van der Waals surface area contributed by atoms with Crippen molar-refractivity contribution in [3.8, 4) is 0 Å². The molecule has 17 heavy (non-hydrogen) atoms. The Morgan fingerprint density at radius 3 is 2.88 bits per heavy atom. The second-order valence-electron chi connectivity index (χ2n) is 4.61. The third kappa shape index (κ3) is 2.35. The number of nitrogens with zero attached hydrogens (tertiary/aromatic N) is 1. The molecule has 0 radical (unpaired) electrons. The van der Waals surface area contributed by atoms with Crippen LogP contribution < -0.4 is 10.6 Å². The molecular formula is C13H18N2O2. The van der Waals surface area contributed by atoms with Gasteiger partial charge in [-0.05, 0) is 30.5 Å². The number of hydrogen-bond donors (Lipinski definition) is 1. The van der Waals surface area contributed by atoms with Gasteiger partial charge in [0.05, 0.1) is 18.4 Å². The van der Waals surface area contributed by atoms with E-state index in [9.17, 15) is 4.79 Å². The van der Waals surface area contributed by atoms with Crippen LogP contribution in [0.4, 0.5) is 11.4 Å². The van der Waals surface area contributed by atoms with Gasteiger partial charge in [0.25, 0.3) is 0 Å². The topological polar surface area (TPSA) is 55.6 Å². The van der Waals surface area contributed by atoms with E-state index in [4.69, 9.17) is 10.5 Å². The summed E-state index contributed by atoms with van der Waals surface area (Å²) in [6.07, 6.45) is 1.15. The molecule has 1 aliphatic rings. The second-order valence-corrected chi connectivity index (χ2v) is 4.61. The average molecular weight is 234 g/mol. The fraction of sp³-hybridized carbons (Fsp3) is 0.462. The molecule has 0 amide bonds. The van der Waals surface area contributed by atoms with Gasteiger partial charge in [-0.15, -0.1) is 0 Å². The highest BCUT2D eigenvalue weighted by atomic mass is 16.5. The Labute approximate surface area is 101 Å². The van der Waals surface area contributed by atoms with Crippen LogP contribution in [-0.2, 0) is 4.74 Å². The van der Waals surface area contributed by atoms with Crippen LogP contribution in [0.2, 0.25) is 0 Å². The van der Waals surface area contributed by atoms with Crippen LogP contribution in [-0.4, -0.2) is 26.2 Å². The minimum absolute atomic E-state index is 0.306. The molecule has 1 aliphatic heterocycles. The highest BCUT2D eigenvalue weighted by Crippen LogP contribution is 2.29. The number of carbonyl (C=O) groups excluding carboxylic acids is 1. The zero-order valence-corrected chi connectivity index (χ0v) is 10.3. The first-order valence-corrected chi connectivity index (χ1v) is 5.84. The van der Waals surface area contributed by atoms with Gasteiger partial charge in [0.1, 0.15) is 0 Å². The van der Waals surface area contributed by atoms with E-state index in [1.807, 2.05) is 6.07 Å². The summed E-state index contributed by atoms with van der Waals surface area (Å²) in [4.78, 5) is 13.9. The maximum absolute atomic E-state index is 11.7. The predicted molar refractivity (Wildman–Crippen MR) is 68.2 cm³/mol.